The van der Waals surface area contributed by atoms with Crippen LogP contribution in [0.15, 0.2) is 12.0 Å². The van der Waals surface area contributed by atoms with Gasteiger partial charge in [0, 0.05) is 25.6 Å². The summed E-state index contributed by atoms with van der Waals surface area (Å²) < 4.78 is 43.0. The molecule has 1 saturated heterocycles. The molecule has 3 nitrogen and oxygen atoms in total. The molecule has 0 aliphatic carbocycles. The third-order valence-electron chi connectivity index (χ3n) is 3.05. The van der Waals surface area contributed by atoms with Crippen LogP contribution in [0, 0.1) is 5.92 Å². The highest BCUT2D eigenvalue weighted by molar-refractivity contribution is 5.05. The number of ether oxygens (including phenoxy) is 1. The summed E-state index contributed by atoms with van der Waals surface area (Å²) in [4.78, 5) is 1.71. The third kappa shape index (κ3) is 2.42. The Bertz CT molecular complexity index is 290. The maximum Gasteiger partial charge on any atom is 0.393 e. The molecule has 2 aliphatic heterocycles. The van der Waals surface area contributed by atoms with Crippen LogP contribution in [0.2, 0.25) is 0 Å². The van der Waals surface area contributed by atoms with Crippen LogP contribution < -0.4 is 5.73 Å². The highest BCUT2D eigenvalue weighted by Crippen LogP contribution is 2.34. The summed E-state index contributed by atoms with van der Waals surface area (Å²) in [6.45, 7) is 1.05. The van der Waals surface area contributed by atoms with Crippen molar-refractivity contribution in [1.29, 1.82) is 0 Å². The van der Waals surface area contributed by atoms with Gasteiger partial charge in [-0.3, -0.25) is 0 Å². The fourth-order valence-corrected chi connectivity index (χ4v) is 2.22. The molecule has 16 heavy (non-hydrogen) atoms. The number of likely N-dealkylation sites (tertiary alicyclic amines) is 1. The van der Waals surface area contributed by atoms with E-state index in [1.54, 1.807) is 11.2 Å². The minimum atomic E-state index is -4.16. The Morgan fingerprint density at radius 1 is 1.38 bits per heavy atom. The lowest BCUT2D eigenvalue weighted by Gasteiger charge is -2.38. The van der Waals surface area contributed by atoms with Gasteiger partial charge < -0.3 is 15.4 Å². The molecule has 0 bridgehead atoms. The third-order valence-corrected chi connectivity index (χ3v) is 3.05. The SMILES string of the molecule is NC1CC(C(F)(F)F)CN(C2=COCC2)C1. The van der Waals surface area contributed by atoms with E-state index in [4.69, 9.17) is 10.5 Å². The van der Waals surface area contributed by atoms with Crippen molar-refractivity contribution in [3.05, 3.63) is 12.0 Å². The van der Waals surface area contributed by atoms with Crippen molar-refractivity contribution in [3.63, 3.8) is 0 Å². The standard InChI is InChI=1S/C10H15F3N2O/c11-10(12,13)7-3-8(14)5-15(4-7)9-1-2-16-6-9/h6-8H,1-5,14H2. The minimum Gasteiger partial charge on any atom is -0.499 e. The van der Waals surface area contributed by atoms with Crippen LogP contribution in [0.3, 0.4) is 0 Å². The molecule has 0 radical (unpaired) electrons. The van der Waals surface area contributed by atoms with Crippen molar-refractivity contribution in [3.8, 4) is 0 Å². The van der Waals surface area contributed by atoms with Gasteiger partial charge in [0.1, 0.15) is 6.26 Å². The van der Waals surface area contributed by atoms with E-state index < -0.39 is 18.1 Å². The van der Waals surface area contributed by atoms with Gasteiger partial charge in [-0.05, 0) is 6.42 Å². The first-order chi connectivity index (χ1) is 7.47. The molecule has 1 fully saturated rings. The summed E-state index contributed by atoms with van der Waals surface area (Å²) in [5.74, 6) is -1.32. The van der Waals surface area contributed by atoms with Crippen molar-refractivity contribution in [2.24, 2.45) is 11.7 Å². The first kappa shape index (κ1) is 11.6. The van der Waals surface area contributed by atoms with Crippen LogP contribution in [0.1, 0.15) is 12.8 Å². The van der Waals surface area contributed by atoms with Gasteiger partial charge in [-0.15, -0.1) is 0 Å². The van der Waals surface area contributed by atoms with Gasteiger partial charge >= 0.3 is 6.18 Å². The van der Waals surface area contributed by atoms with E-state index in [9.17, 15) is 13.2 Å². The molecular formula is C10H15F3N2O. The quantitative estimate of drug-likeness (QED) is 0.749. The van der Waals surface area contributed by atoms with E-state index in [0.717, 1.165) is 5.70 Å². The van der Waals surface area contributed by atoms with Crippen LogP contribution >= 0.6 is 0 Å². The van der Waals surface area contributed by atoms with Gasteiger partial charge in [-0.25, -0.2) is 0 Å². The van der Waals surface area contributed by atoms with E-state index in [1.807, 2.05) is 0 Å². The molecule has 0 amide bonds. The number of hydrogen-bond acceptors (Lipinski definition) is 3. The van der Waals surface area contributed by atoms with E-state index in [1.165, 1.54) is 0 Å². The zero-order valence-electron chi connectivity index (χ0n) is 8.83. The largest absolute Gasteiger partial charge is 0.499 e. The molecule has 0 aromatic rings. The highest BCUT2D eigenvalue weighted by Gasteiger charge is 2.44. The van der Waals surface area contributed by atoms with Crippen molar-refractivity contribution in [2.45, 2.75) is 25.1 Å². The number of nitrogens with zero attached hydrogens (tertiary/aromatic N) is 1. The Hall–Kier alpha value is -0.910. The Balaban J connectivity index is 2.05. The number of halogens is 3. The monoisotopic (exact) mass is 236 g/mol. The summed E-state index contributed by atoms with van der Waals surface area (Å²) in [7, 11) is 0. The summed E-state index contributed by atoms with van der Waals surface area (Å²) in [6, 6.07) is -0.415. The second-order valence-electron chi connectivity index (χ2n) is 4.37. The van der Waals surface area contributed by atoms with E-state index in [-0.39, 0.29) is 13.0 Å². The lowest BCUT2D eigenvalue weighted by molar-refractivity contribution is -0.186. The molecule has 2 heterocycles. The smallest absolute Gasteiger partial charge is 0.393 e. The number of alkyl halides is 3. The predicted octanol–water partition coefficient (Wildman–Crippen LogP) is 1.46. The summed E-state index contributed by atoms with van der Waals surface area (Å²) in [5, 5.41) is 0. The average molecular weight is 236 g/mol. The maximum atomic E-state index is 12.6. The van der Waals surface area contributed by atoms with Crippen molar-refractivity contribution < 1.29 is 17.9 Å². The molecule has 92 valence electrons. The lowest BCUT2D eigenvalue weighted by Crippen LogP contribution is -2.50. The second kappa shape index (κ2) is 4.16. The Morgan fingerprint density at radius 2 is 2.12 bits per heavy atom. The molecule has 6 heteroatoms. The van der Waals surface area contributed by atoms with Crippen LogP contribution in [0.4, 0.5) is 13.2 Å². The Labute approximate surface area is 92.0 Å². The summed E-state index contributed by atoms with van der Waals surface area (Å²) in [5.41, 5.74) is 6.51. The number of nitrogens with two attached hydrogens (primary N) is 1. The van der Waals surface area contributed by atoms with E-state index >= 15 is 0 Å². The molecular weight excluding hydrogens is 221 g/mol. The molecule has 2 rings (SSSR count). The zero-order chi connectivity index (χ0) is 11.8. The van der Waals surface area contributed by atoms with E-state index in [2.05, 4.69) is 0 Å². The van der Waals surface area contributed by atoms with Crippen molar-refractivity contribution in [1.82, 2.24) is 4.90 Å². The minimum absolute atomic E-state index is 0.00634. The molecule has 0 aromatic carbocycles. The summed E-state index contributed by atoms with van der Waals surface area (Å²) >= 11 is 0. The van der Waals surface area contributed by atoms with Crippen LogP contribution in [-0.4, -0.2) is 36.8 Å². The van der Waals surface area contributed by atoms with Crippen molar-refractivity contribution >= 4 is 0 Å². The number of hydrogen-bond donors (Lipinski definition) is 1. The summed E-state index contributed by atoms with van der Waals surface area (Å²) in [6.07, 6.45) is -1.91. The fourth-order valence-electron chi connectivity index (χ4n) is 2.22. The second-order valence-corrected chi connectivity index (χ2v) is 4.37. The van der Waals surface area contributed by atoms with Gasteiger partial charge in [0.15, 0.2) is 0 Å². The maximum absolute atomic E-state index is 12.6. The van der Waals surface area contributed by atoms with Crippen LogP contribution in [0.25, 0.3) is 0 Å². The molecule has 0 spiro atoms. The number of rotatable bonds is 1. The normalized spacial score (nSPS) is 31.2. The first-order valence-corrected chi connectivity index (χ1v) is 5.34. The predicted molar refractivity (Wildman–Crippen MR) is 52.4 cm³/mol. The Morgan fingerprint density at radius 3 is 2.69 bits per heavy atom. The molecule has 0 aromatic heterocycles. The fraction of sp³-hybridized carbons (Fsp3) is 0.800. The molecule has 0 saturated carbocycles. The van der Waals surface area contributed by atoms with Crippen LogP contribution in [0.5, 0.6) is 0 Å². The van der Waals surface area contributed by atoms with Gasteiger partial charge in [-0.2, -0.15) is 13.2 Å². The topological polar surface area (TPSA) is 38.5 Å². The van der Waals surface area contributed by atoms with Crippen LogP contribution in [-0.2, 0) is 4.74 Å². The lowest BCUT2D eigenvalue weighted by atomic mass is 9.93. The van der Waals surface area contributed by atoms with Gasteiger partial charge in [0.05, 0.1) is 18.2 Å². The van der Waals surface area contributed by atoms with Gasteiger partial charge in [0.2, 0.25) is 0 Å². The zero-order valence-corrected chi connectivity index (χ0v) is 8.83. The molecule has 2 unspecified atom stereocenters. The number of piperidine rings is 1. The van der Waals surface area contributed by atoms with Gasteiger partial charge in [-0.1, -0.05) is 0 Å². The van der Waals surface area contributed by atoms with E-state index in [0.29, 0.717) is 19.6 Å². The molecule has 2 N–H and O–H groups in total. The molecule has 2 atom stereocenters. The Kier molecular flexibility index (Phi) is 3.01. The molecule has 2 aliphatic rings. The van der Waals surface area contributed by atoms with Crippen molar-refractivity contribution in [2.75, 3.05) is 19.7 Å². The average Bonchev–Trinajstić information content (AvgIpc) is 2.68. The highest BCUT2D eigenvalue weighted by atomic mass is 19.4. The van der Waals surface area contributed by atoms with Gasteiger partial charge in [0.25, 0.3) is 0 Å². The first-order valence-electron chi connectivity index (χ1n) is 5.34.